The van der Waals surface area contributed by atoms with Crippen LogP contribution in [0.25, 0.3) is 10.2 Å². The molecular weight excluding hydrogens is 348 g/mol. The van der Waals surface area contributed by atoms with E-state index in [0.717, 1.165) is 15.8 Å². The van der Waals surface area contributed by atoms with Crippen molar-refractivity contribution in [3.8, 4) is 5.75 Å². The summed E-state index contributed by atoms with van der Waals surface area (Å²) in [5, 5.41) is 0. The molecule has 0 unspecified atom stereocenters. The number of carbonyl (C=O) groups is 1. The van der Waals surface area contributed by atoms with E-state index in [1.54, 1.807) is 7.11 Å². The Balaban J connectivity index is 1.87. The highest BCUT2D eigenvalue weighted by molar-refractivity contribution is 7.16. The molecule has 5 nitrogen and oxygen atoms in total. The number of fused-ring (bicyclic) bond motifs is 1. The molecule has 0 aliphatic heterocycles. The van der Waals surface area contributed by atoms with Gasteiger partial charge in [-0.3, -0.25) is 4.79 Å². The highest BCUT2D eigenvalue weighted by Crippen LogP contribution is 2.19. The summed E-state index contributed by atoms with van der Waals surface area (Å²) in [6.45, 7) is 5.12. The monoisotopic (exact) mass is 370 g/mol. The van der Waals surface area contributed by atoms with Gasteiger partial charge in [-0.25, -0.2) is 0 Å². The molecule has 3 aromatic rings. The number of methoxy groups -OCH3 is 1. The number of hydrogen-bond acceptors (Lipinski definition) is 4. The van der Waals surface area contributed by atoms with Gasteiger partial charge < -0.3 is 14.0 Å². The second-order valence-corrected chi connectivity index (χ2v) is 7.07. The molecule has 0 N–H and O–H groups in total. The lowest BCUT2D eigenvalue weighted by atomic mass is 10.2. The molecule has 1 aromatic heterocycles. The fourth-order valence-corrected chi connectivity index (χ4v) is 3.83. The number of hydrogen-bond donors (Lipinski definition) is 0. The van der Waals surface area contributed by atoms with Crippen molar-refractivity contribution in [1.29, 1.82) is 0 Å². The molecular formula is C20H22N2O3S. The maximum Gasteiger partial charge on any atom is 0.286 e. The number of carbonyl (C=O) groups excluding carboxylic acids is 1. The third-order valence-electron chi connectivity index (χ3n) is 4.02. The Hall–Kier alpha value is -2.44. The van der Waals surface area contributed by atoms with Crippen LogP contribution in [0.5, 0.6) is 5.75 Å². The van der Waals surface area contributed by atoms with Crippen LogP contribution >= 0.6 is 11.3 Å². The van der Waals surface area contributed by atoms with Gasteiger partial charge in [0.1, 0.15) is 5.75 Å². The van der Waals surface area contributed by atoms with Crippen molar-refractivity contribution in [2.75, 3.05) is 20.3 Å². The molecule has 0 bridgehead atoms. The van der Waals surface area contributed by atoms with Gasteiger partial charge in [0.2, 0.25) is 0 Å². The molecule has 0 atom stereocenters. The summed E-state index contributed by atoms with van der Waals surface area (Å²) in [4.78, 5) is 17.3. The molecule has 0 saturated carbocycles. The molecule has 0 saturated heterocycles. The average Bonchev–Trinajstić information content (AvgIpc) is 2.95. The van der Waals surface area contributed by atoms with E-state index in [1.807, 2.05) is 35.8 Å². The highest BCUT2D eigenvalue weighted by atomic mass is 32.1. The number of aryl methyl sites for hydroxylation is 2. The Morgan fingerprint density at radius 2 is 2.00 bits per heavy atom. The molecule has 0 aliphatic rings. The minimum Gasteiger partial charge on any atom is -0.483 e. The second kappa shape index (κ2) is 8.29. The zero-order valence-corrected chi connectivity index (χ0v) is 16.0. The number of thiazole rings is 1. The first-order chi connectivity index (χ1) is 12.6. The SMILES string of the molecule is COCCn1c(=NC(=O)COc2ccccc2C)sc2cc(C)ccc21. The Labute approximate surface area is 156 Å². The topological polar surface area (TPSA) is 52.8 Å². The lowest BCUT2D eigenvalue weighted by molar-refractivity contribution is -0.120. The molecule has 2 aromatic carbocycles. The molecule has 1 amide bonds. The maximum absolute atomic E-state index is 12.3. The standard InChI is InChI=1S/C20H22N2O3S/c1-14-8-9-16-18(12-14)26-20(22(16)10-11-24-3)21-19(23)13-25-17-7-5-4-6-15(17)2/h4-9,12H,10-11,13H2,1-3H3. The van der Waals surface area contributed by atoms with Gasteiger partial charge in [0.25, 0.3) is 5.91 Å². The van der Waals surface area contributed by atoms with E-state index in [0.29, 0.717) is 23.7 Å². The summed E-state index contributed by atoms with van der Waals surface area (Å²) in [6, 6.07) is 13.9. The molecule has 3 rings (SSSR count). The van der Waals surface area contributed by atoms with Gasteiger partial charge in [-0.2, -0.15) is 4.99 Å². The molecule has 26 heavy (non-hydrogen) atoms. The van der Waals surface area contributed by atoms with Crippen molar-refractivity contribution >= 4 is 27.5 Å². The minimum absolute atomic E-state index is 0.0809. The summed E-state index contributed by atoms with van der Waals surface area (Å²) in [5.74, 6) is 0.401. The van der Waals surface area contributed by atoms with Crippen LogP contribution in [0.3, 0.4) is 0 Å². The summed E-state index contributed by atoms with van der Waals surface area (Å²) in [7, 11) is 1.66. The Kier molecular flexibility index (Phi) is 5.85. The average molecular weight is 370 g/mol. The zero-order chi connectivity index (χ0) is 18.5. The van der Waals surface area contributed by atoms with E-state index in [2.05, 4.69) is 30.1 Å². The Bertz CT molecular complexity index is 988. The van der Waals surface area contributed by atoms with Crippen molar-refractivity contribution in [2.24, 2.45) is 4.99 Å². The van der Waals surface area contributed by atoms with Crippen LogP contribution in [0.15, 0.2) is 47.5 Å². The number of nitrogens with zero attached hydrogens (tertiary/aromatic N) is 2. The molecule has 1 heterocycles. The first kappa shape index (κ1) is 18.4. The number of amides is 1. The van der Waals surface area contributed by atoms with E-state index < -0.39 is 0 Å². The van der Waals surface area contributed by atoms with Crippen LogP contribution in [0.4, 0.5) is 0 Å². The van der Waals surface area contributed by atoms with Gasteiger partial charge in [-0.15, -0.1) is 0 Å². The fourth-order valence-electron chi connectivity index (χ4n) is 2.66. The number of para-hydroxylation sites is 1. The van der Waals surface area contributed by atoms with Crippen LogP contribution in [0.1, 0.15) is 11.1 Å². The molecule has 0 fully saturated rings. The van der Waals surface area contributed by atoms with Gasteiger partial charge in [-0.05, 0) is 43.2 Å². The molecule has 136 valence electrons. The van der Waals surface area contributed by atoms with Gasteiger partial charge in [0.05, 0.1) is 16.8 Å². The zero-order valence-electron chi connectivity index (χ0n) is 15.2. The predicted molar refractivity (Wildman–Crippen MR) is 104 cm³/mol. The summed E-state index contributed by atoms with van der Waals surface area (Å²) in [6.07, 6.45) is 0. The quantitative estimate of drug-likeness (QED) is 0.668. The lowest BCUT2D eigenvalue weighted by Crippen LogP contribution is -2.21. The van der Waals surface area contributed by atoms with Crippen LogP contribution in [0, 0.1) is 13.8 Å². The Morgan fingerprint density at radius 1 is 1.19 bits per heavy atom. The van der Waals surface area contributed by atoms with Crippen molar-refractivity contribution < 1.29 is 14.3 Å². The smallest absolute Gasteiger partial charge is 0.286 e. The fraction of sp³-hybridized carbons (Fsp3) is 0.300. The van der Waals surface area contributed by atoms with E-state index in [1.165, 1.54) is 16.9 Å². The van der Waals surface area contributed by atoms with E-state index >= 15 is 0 Å². The first-order valence-corrected chi connectivity index (χ1v) is 9.25. The molecule has 6 heteroatoms. The molecule has 0 spiro atoms. The van der Waals surface area contributed by atoms with Crippen molar-refractivity contribution in [2.45, 2.75) is 20.4 Å². The second-order valence-electron chi connectivity index (χ2n) is 6.06. The summed E-state index contributed by atoms with van der Waals surface area (Å²) >= 11 is 1.51. The van der Waals surface area contributed by atoms with Crippen LogP contribution < -0.4 is 9.54 Å². The minimum atomic E-state index is -0.303. The van der Waals surface area contributed by atoms with Gasteiger partial charge in [0, 0.05) is 13.7 Å². The normalized spacial score (nSPS) is 11.9. The van der Waals surface area contributed by atoms with Crippen molar-refractivity contribution in [1.82, 2.24) is 4.57 Å². The summed E-state index contributed by atoms with van der Waals surface area (Å²) < 4.78 is 13.9. The largest absolute Gasteiger partial charge is 0.483 e. The van der Waals surface area contributed by atoms with Crippen molar-refractivity contribution in [3.05, 3.63) is 58.4 Å². The van der Waals surface area contributed by atoms with Gasteiger partial charge in [-0.1, -0.05) is 35.6 Å². The highest BCUT2D eigenvalue weighted by Gasteiger charge is 2.09. The first-order valence-electron chi connectivity index (χ1n) is 8.43. The van der Waals surface area contributed by atoms with Gasteiger partial charge >= 0.3 is 0 Å². The van der Waals surface area contributed by atoms with Gasteiger partial charge in [0.15, 0.2) is 11.4 Å². The molecule has 0 aliphatic carbocycles. The van der Waals surface area contributed by atoms with E-state index in [4.69, 9.17) is 9.47 Å². The number of benzene rings is 2. The van der Waals surface area contributed by atoms with Crippen LogP contribution in [-0.4, -0.2) is 30.8 Å². The Morgan fingerprint density at radius 3 is 2.77 bits per heavy atom. The van der Waals surface area contributed by atoms with E-state index in [-0.39, 0.29) is 12.5 Å². The third kappa shape index (κ3) is 4.20. The van der Waals surface area contributed by atoms with E-state index in [9.17, 15) is 4.79 Å². The van der Waals surface area contributed by atoms with Crippen LogP contribution in [-0.2, 0) is 16.1 Å². The third-order valence-corrected chi connectivity index (χ3v) is 5.06. The predicted octanol–water partition coefficient (Wildman–Crippen LogP) is 3.47. The maximum atomic E-state index is 12.3. The number of ether oxygens (including phenoxy) is 2. The number of rotatable bonds is 6. The summed E-state index contributed by atoms with van der Waals surface area (Å²) in [5.41, 5.74) is 3.23. The van der Waals surface area contributed by atoms with Crippen LogP contribution in [0.2, 0.25) is 0 Å². The molecule has 0 radical (unpaired) electrons. The van der Waals surface area contributed by atoms with Crippen molar-refractivity contribution in [3.63, 3.8) is 0 Å². The number of aromatic nitrogens is 1. The lowest BCUT2D eigenvalue weighted by Gasteiger charge is -2.06.